The summed E-state index contributed by atoms with van der Waals surface area (Å²) in [7, 11) is 1.56. The second-order valence-electron chi connectivity index (χ2n) is 4.76. The summed E-state index contributed by atoms with van der Waals surface area (Å²) in [6.45, 7) is 5.28. The van der Waals surface area contributed by atoms with E-state index in [0.29, 0.717) is 17.2 Å². The van der Waals surface area contributed by atoms with E-state index in [4.69, 9.17) is 21.4 Å². The molecule has 1 rings (SSSR count). The normalized spacial score (nSPS) is 11.4. The lowest BCUT2D eigenvalue weighted by atomic mass is 9.84. The van der Waals surface area contributed by atoms with Gasteiger partial charge in [0.25, 0.3) is 0 Å². The van der Waals surface area contributed by atoms with Crippen LogP contribution in [0.1, 0.15) is 25.0 Å². The van der Waals surface area contributed by atoms with Crippen molar-refractivity contribution in [3.63, 3.8) is 0 Å². The number of benzene rings is 1. The van der Waals surface area contributed by atoms with Crippen molar-refractivity contribution in [3.8, 4) is 5.75 Å². The van der Waals surface area contributed by atoms with Gasteiger partial charge in [-0.05, 0) is 50.5 Å². The first-order valence-corrected chi connectivity index (χ1v) is 5.72. The smallest absolute Gasteiger partial charge is 0.309 e. The number of ether oxygens (including phenoxy) is 1. The van der Waals surface area contributed by atoms with Crippen LogP contribution in [0.25, 0.3) is 0 Å². The number of aliphatic carboxylic acids is 1. The molecule has 3 nitrogen and oxygen atoms in total. The van der Waals surface area contributed by atoms with Crippen LogP contribution in [0.3, 0.4) is 0 Å². The van der Waals surface area contributed by atoms with Crippen molar-refractivity contribution in [1.29, 1.82) is 0 Å². The predicted octanol–water partition coefficient (Wildman–Crippen LogP) is 3.31. The Morgan fingerprint density at radius 2 is 2.06 bits per heavy atom. The Bertz CT molecular complexity index is 439. The number of hydrogen-bond donors (Lipinski definition) is 1. The van der Waals surface area contributed by atoms with Gasteiger partial charge in [0, 0.05) is 5.02 Å². The van der Waals surface area contributed by atoms with Gasteiger partial charge >= 0.3 is 5.97 Å². The summed E-state index contributed by atoms with van der Waals surface area (Å²) in [6, 6.07) is 3.57. The van der Waals surface area contributed by atoms with Crippen molar-refractivity contribution in [2.45, 2.75) is 27.2 Å². The van der Waals surface area contributed by atoms with Gasteiger partial charge in [0.05, 0.1) is 12.5 Å². The zero-order valence-electron chi connectivity index (χ0n) is 10.5. The third-order valence-electron chi connectivity index (χ3n) is 2.87. The summed E-state index contributed by atoms with van der Waals surface area (Å²) in [5, 5.41) is 9.72. The molecule has 0 saturated carbocycles. The number of carboxylic acids is 1. The summed E-state index contributed by atoms with van der Waals surface area (Å²) in [5.41, 5.74) is 0.990. The first kappa shape index (κ1) is 13.8. The highest BCUT2D eigenvalue weighted by Gasteiger charge is 2.28. The van der Waals surface area contributed by atoms with Gasteiger partial charge in [-0.3, -0.25) is 4.79 Å². The van der Waals surface area contributed by atoms with E-state index in [-0.39, 0.29) is 0 Å². The number of carbonyl (C=O) groups is 1. The minimum absolute atomic E-state index is 0.422. The summed E-state index contributed by atoms with van der Waals surface area (Å²) >= 11 is 6.08. The van der Waals surface area contributed by atoms with Crippen LogP contribution < -0.4 is 4.74 Å². The standard InChI is InChI=1S/C13H17ClO3/c1-8-9(7-13(2,3)12(15)16)5-10(17-4)6-11(8)14/h5-6H,7H2,1-4H3,(H,15,16). The molecular formula is C13H17ClO3. The predicted molar refractivity (Wildman–Crippen MR) is 67.9 cm³/mol. The second kappa shape index (κ2) is 4.96. The SMILES string of the molecule is COc1cc(Cl)c(C)c(CC(C)(C)C(=O)O)c1. The van der Waals surface area contributed by atoms with E-state index in [1.165, 1.54) is 0 Å². The molecule has 94 valence electrons. The Kier molecular flexibility index (Phi) is 4.04. The van der Waals surface area contributed by atoms with Crippen molar-refractivity contribution < 1.29 is 14.6 Å². The van der Waals surface area contributed by atoms with Gasteiger partial charge in [-0.1, -0.05) is 11.6 Å². The molecular weight excluding hydrogens is 240 g/mol. The van der Waals surface area contributed by atoms with Crippen LogP contribution >= 0.6 is 11.6 Å². The number of halogens is 1. The molecule has 1 aromatic carbocycles. The molecule has 0 spiro atoms. The summed E-state index contributed by atoms with van der Waals surface area (Å²) in [6.07, 6.45) is 0.422. The number of hydrogen-bond acceptors (Lipinski definition) is 2. The molecule has 0 aromatic heterocycles. The first-order chi connectivity index (χ1) is 7.77. The monoisotopic (exact) mass is 256 g/mol. The summed E-state index contributed by atoms with van der Waals surface area (Å²) in [4.78, 5) is 11.1. The fraction of sp³-hybridized carbons (Fsp3) is 0.462. The van der Waals surface area contributed by atoms with E-state index < -0.39 is 11.4 Å². The maximum Gasteiger partial charge on any atom is 0.309 e. The Balaban J connectivity index is 3.14. The van der Waals surface area contributed by atoms with Gasteiger partial charge in [-0.25, -0.2) is 0 Å². The maximum atomic E-state index is 11.1. The molecule has 1 N–H and O–H groups in total. The van der Waals surface area contributed by atoms with Crippen LogP contribution in [0.2, 0.25) is 5.02 Å². The van der Waals surface area contributed by atoms with Crippen LogP contribution in [0, 0.1) is 12.3 Å². The molecule has 0 amide bonds. The second-order valence-corrected chi connectivity index (χ2v) is 5.17. The van der Waals surface area contributed by atoms with E-state index in [1.807, 2.05) is 13.0 Å². The summed E-state index contributed by atoms with van der Waals surface area (Å²) < 4.78 is 5.13. The van der Waals surface area contributed by atoms with Crippen LogP contribution in [0.15, 0.2) is 12.1 Å². The molecule has 0 saturated heterocycles. The van der Waals surface area contributed by atoms with E-state index in [1.54, 1.807) is 27.0 Å². The number of methoxy groups -OCH3 is 1. The molecule has 4 heteroatoms. The van der Waals surface area contributed by atoms with Gasteiger partial charge in [0.1, 0.15) is 5.75 Å². The van der Waals surface area contributed by atoms with Gasteiger partial charge in [0.2, 0.25) is 0 Å². The Morgan fingerprint density at radius 3 is 2.53 bits per heavy atom. The molecule has 0 atom stereocenters. The lowest BCUT2D eigenvalue weighted by Gasteiger charge is -2.21. The van der Waals surface area contributed by atoms with Crippen molar-refractivity contribution in [3.05, 3.63) is 28.3 Å². The Labute approximate surface area is 106 Å². The molecule has 0 heterocycles. The van der Waals surface area contributed by atoms with E-state index in [2.05, 4.69) is 0 Å². The van der Waals surface area contributed by atoms with Crippen LogP contribution in [-0.4, -0.2) is 18.2 Å². The Morgan fingerprint density at radius 1 is 1.47 bits per heavy atom. The molecule has 0 radical (unpaired) electrons. The molecule has 0 aliphatic rings. The highest BCUT2D eigenvalue weighted by atomic mass is 35.5. The quantitative estimate of drug-likeness (QED) is 0.899. The molecule has 0 fully saturated rings. The maximum absolute atomic E-state index is 11.1. The zero-order chi connectivity index (χ0) is 13.2. The first-order valence-electron chi connectivity index (χ1n) is 5.34. The minimum atomic E-state index is -0.823. The van der Waals surface area contributed by atoms with Crippen LogP contribution in [0.4, 0.5) is 0 Å². The lowest BCUT2D eigenvalue weighted by Crippen LogP contribution is -2.26. The highest BCUT2D eigenvalue weighted by molar-refractivity contribution is 6.31. The molecule has 0 unspecified atom stereocenters. The third kappa shape index (κ3) is 3.13. The average Bonchev–Trinajstić information content (AvgIpc) is 2.23. The fourth-order valence-electron chi connectivity index (χ4n) is 1.56. The third-order valence-corrected chi connectivity index (χ3v) is 3.27. The van der Waals surface area contributed by atoms with Gasteiger partial charge in [0.15, 0.2) is 0 Å². The van der Waals surface area contributed by atoms with Crippen molar-refractivity contribution in [2.24, 2.45) is 5.41 Å². The molecule has 17 heavy (non-hydrogen) atoms. The molecule has 1 aromatic rings. The van der Waals surface area contributed by atoms with Crippen molar-refractivity contribution in [1.82, 2.24) is 0 Å². The average molecular weight is 257 g/mol. The van der Waals surface area contributed by atoms with E-state index >= 15 is 0 Å². The largest absolute Gasteiger partial charge is 0.497 e. The molecule has 0 bridgehead atoms. The topological polar surface area (TPSA) is 46.5 Å². The van der Waals surface area contributed by atoms with Gasteiger partial charge < -0.3 is 9.84 Å². The van der Waals surface area contributed by atoms with Gasteiger partial charge in [-0.2, -0.15) is 0 Å². The number of carboxylic acid groups (broad SMARTS) is 1. The van der Waals surface area contributed by atoms with Crippen molar-refractivity contribution in [2.75, 3.05) is 7.11 Å². The fourth-order valence-corrected chi connectivity index (χ4v) is 1.79. The highest BCUT2D eigenvalue weighted by Crippen LogP contribution is 2.31. The molecule has 0 aliphatic carbocycles. The van der Waals surface area contributed by atoms with Crippen LogP contribution in [0.5, 0.6) is 5.75 Å². The molecule has 0 aliphatic heterocycles. The number of rotatable bonds is 4. The van der Waals surface area contributed by atoms with Crippen LogP contribution in [-0.2, 0) is 11.2 Å². The van der Waals surface area contributed by atoms with Crippen molar-refractivity contribution >= 4 is 17.6 Å². The van der Waals surface area contributed by atoms with E-state index in [9.17, 15) is 4.79 Å². The zero-order valence-corrected chi connectivity index (χ0v) is 11.3. The van der Waals surface area contributed by atoms with Gasteiger partial charge in [-0.15, -0.1) is 0 Å². The van der Waals surface area contributed by atoms with E-state index in [0.717, 1.165) is 11.1 Å². The summed E-state index contributed by atoms with van der Waals surface area (Å²) in [5.74, 6) is -0.173. The Hall–Kier alpha value is -1.22. The minimum Gasteiger partial charge on any atom is -0.497 e. The lowest BCUT2D eigenvalue weighted by molar-refractivity contribution is -0.146.